The summed E-state index contributed by atoms with van der Waals surface area (Å²) in [6.45, 7) is 3.83. The van der Waals surface area contributed by atoms with Gasteiger partial charge in [-0.3, -0.25) is 9.59 Å². The average Bonchev–Trinajstić information content (AvgIpc) is 3.24. The van der Waals surface area contributed by atoms with E-state index in [1.54, 1.807) is 37.4 Å². The highest BCUT2D eigenvalue weighted by Crippen LogP contribution is 2.17. The van der Waals surface area contributed by atoms with Crippen molar-refractivity contribution in [1.29, 1.82) is 0 Å². The van der Waals surface area contributed by atoms with E-state index in [1.165, 1.54) is 10.6 Å². The molecule has 0 fully saturated rings. The molecule has 1 atom stereocenters. The molecule has 0 spiro atoms. The quantitative estimate of drug-likeness (QED) is 0.766. The van der Waals surface area contributed by atoms with E-state index in [9.17, 15) is 9.59 Å². The first-order valence-electron chi connectivity index (χ1n) is 7.37. The van der Waals surface area contributed by atoms with Gasteiger partial charge >= 0.3 is 0 Å². The summed E-state index contributed by atoms with van der Waals surface area (Å²) in [6.07, 6.45) is 1.56. The number of aromatic nitrogens is 3. The summed E-state index contributed by atoms with van der Waals surface area (Å²) in [5.74, 6) is 0.585. The number of thiophene rings is 1. The van der Waals surface area contributed by atoms with Gasteiger partial charge in [-0.1, -0.05) is 11.2 Å². The van der Waals surface area contributed by atoms with Gasteiger partial charge in [0.1, 0.15) is 6.04 Å². The van der Waals surface area contributed by atoms with Gasteiger partial charge in [0.25, 0.3) is 11.4 Å². The molecule has 0 aliphatic carbocycles. The van der Waals surface area contributed by atoms with Gasteiger partial charge in [0.05, 0.1) is 12.1 Å². The maximum absolute atomic E-state index is 12.3. The number of rotatable bonds is 5. The molecule has 0 aliphatic rings. The van der Waals surface area contributed by atoms with Gasteiger partial charge in [0.2, 0.25) is 5.91 Å². The summed E-state index contributed by atoms with van der Waals surface area (Å²) in [5, 5.41) is 8.52. The van der Waals surface area contributed by atoms with Crippen LogP contribution in [0.5, 0.6) is 0 Å². The maximum Gasteiger partial charge on any atom is 0.259 e. The van der Waals surface area contributed by atoms with Gasteiger partial charge in [0.15, 0.2) is 5.82 Å². The summed E-state index contributed by atoms with van der Waals surface area (Å²) in [5.41, 5.74) is 0.321. The summed E-state index contributed by atoms with van der Waals surface area (Å²) >= 11 is 1.57. The number of nitrogens with zero attached hydrogens (tertiary/aromatic N) is 3. The molecule has 1 N–H and O–H groups in total. The number of pyridine rings is 1. The Morgan fingerprint density at radius 3 is 2.92 bits per heavy atom. The molecule has 124 valence electrons. The summed E-state index contributed by atoms with van der Waals surface area (Å²) in [7, 11) is 0. The largest absolute Gasteiger partial charge is 0.349 e. The van der Waals surface area contributed by atoms with E-state index in [0.29, 0.717) is 23.8 Å². The minimum Gasteiger partial charge on any atom is -0.349 e. The first-order chi connectivity index (χ1) is 11.5. The van der Waals surface area contributed by atoms with Crippen LogP contribution in [-0.2, 0) is 11.3 Å². The molecule has 1 amide bonds. The molecule has 0 saturated carbocycles. The van der Waals surface area contributed by atoms with Crippen LogP contribution in [0.3, 0.4) is 0 Å². The molecule has 0 bridgehead atoms. The number of nitrogens with one attached hydrogen (secondary N) is 1. The van der Waals surface area contributed by atoms with Crippen molar-refractivity contribution >= 4 is 17.2 Å². The molecule has 0 unspecified atom stereocenters. The molecule has 7 nitrogen and oxygen atoms in total. The first-order valence-corrected chi connectivity index (χ1v) is 8.25. The summed E-state index contributed by atoms with van der Waals surface area (Å²) in [4.78, 5) is 29.6. The van der Waals surface area contributed by atoms with Crippen molar-refractivity contribution in [3.63, 3.8) is 0 Å². The molecule has 3 heterocycles. The summed E-state index contributed by atoms with van der Waals surface area (Å²) < 4.78 is 6.47. The second-order valence-corrected chi connectivity index (χ2v) is 6.32. The fourth-order valence-corrected chi connectivity index (χ4v) is 2.85. The normalized spacial score (nSPS) is 12.1. The monoisotopic (exact) mass is 344 g/mol. The van der Waals surface area contributed by atoms with Crippen LogP contribution in [0.2, 0.25) is 0 Å². The van der Waals surface area contributed by atoms with E-state index in [1.807, 2.05) is 17.5 Å². The third-order valence-corrected chi connectivity index (χ3v) is 4.40. The molecule has 3 rings (SSSR count). The molecular formula is C16H16N4O3S. The van der Waals surface area contributed by atoms with Crippen LogP contribution in [0, 0.1) is 6.92 Å². The zero-order chi connectivity index (χ0) is 17.1. The Bertz CT molecular complexity index is 898. The lowest BCUT2D eigenvalue weighted by Gasteiger charge is -2.15. The van der Waals surface area contributed by atoms with E-state index >= 15 is 0 Å². The fraction of sp³-hybridized carbons (Fsp3) is 0.250. The van der Waals surface area contributed by atoms with Gasteiger partial charge in [-0.25, -0.2) is 0 Å². The number of aryl methyl sites for hydroxylation is 1. The maximum atomic E-state index is 12.3. The molecule has 24 heavy (non-hydrogen) atoms. The highest BCUT2D eigenvalue weighted by atomic mass is 32.1. The molecule has 0 radical (unpaired) electrons. The topological polar surface area (TPSA) is 90.0 Å². The molecule has 0 aliphatic heterocycles. The number of hydrogen-bond donors (Lipinski definition) is 1. The third kappa shape index (κ3) is 3.43. The zero-order valence-electron chi connectivity index (χ0n) is 13.2. The van der Waals surface area contributed by atoms with E-state index in [0.717, 1.165) is 4.88 Å². The molecular weight excluding hydrogens is 328 g/mol. The van der Waals surface area contributed by atoms with Crippen molar-refractivity contribution < 1.29 is 9.32 Å². The smallest absolute Gasteiger partial charge is 0.259 e. The predicted octanol–water partition coefficient (Wildman–Crippen LogP) is 2.15. The Kier molecular flexibility index (Phi) is 4.57. The predicted molar refractivity (Wildman–Crippen MR) is 89.6 cm³/mol. The SMILES string of the molecule is Cc1noc(-c2ccc(=O)n([C@H](C)C(=O)NCc3cccs3)c2)n1. The van der Waals surface area contributed by atoms with Gasteiger partial charge in [0, 0.05) is 17.1 Å². The second-order valence-electron chi connectivity index (χ2n) is 5.28. The van der Waals surface area contributed by atoms with E-state index in [4.69, 9.17) is 4.52 Å². The lowest BCUT2D eigenvalue weighted by molar-refractivity contribution is -0.124. The van der Waals surface area contributed by atoms with Crippen LogP contribution in [0.4, 0.5) is 0 Å². The van der Waals surface area contributed by atoms with Crippen molar-refractivity contribution in [3.05, 3.63) is 56.9 Å². The molecule has 3 aromatic rings. The first kappa shape index (κ1) is 16.1. The van der Waals surface area contributed by atoms with Crippen LogP contribution in [0.1, 0.15) is 23.7 Å². The highest BCUT2D eigenvalue weighted by Gasteiger charge is 2.17. The lowest BCUT2D eigenvalue weighted by Crippen LogP contribution is -2.35. The average molecular weight is 344 g/mol. The Hall–Kier alpha value is -2.74. The minimum atomic E-state index is -0.651. The highest BCUT2D eigenvalue weighted by molar-refractivity contribution is 7.09. The summed E-state index contributed by atoms with van der Waals surface area (Å²) in [6, 6.07) is 6.21. The van der Waals surface area contributed by atoms with Crippen LogP contribution in [0.25, 0.3) is 11.5 Å². The van der Waals surface area contributed by atoms with Gasteiger partial charge in [-0.15, -0.1) is 11.3 Å². The van der Waals surface area contributed by atoms with E-state index in [2.05, 4.69) is 15.5 Å². The Labute approximate surface area is 141 Å². The van der Waals surface area contributed by atoms with Crippen molar-refractivity contribution in [3.8, 4) is 11.5 Å². The third-order valence-electron chi connectivity index (χ3n) is 3.53. The number of hydrogen-bond acceptors (Lipinski definition) is 6. The van der Waals surface area contributed by atoms with Crippen molar-refractivity contribution in [2.24, 2.45) is 0 Å². The molecule has 0 saturated heterocycles. The number of amides is 1. The Morgan fingerprint density at radius 1 is 1.42 bits per heavy atom. The second kappa shape index (κ2) is 6.79. The zero-order valence-corrected chi connectivity index (χ0v) is 14.0. The van der Waals surface area contributed by atoms with Crippen molar-refractivity contribution in [2.45, 2.75) is 26.4 Å². The van der Waals surface area contributed by atoms with Crippen LogP contribution >= 0.6 is 11.3 Å². The lowest BCUT2D eigenvalue weighted by atomic mass is 10.2. The standard InChI is InChI=1S/C16H16N4O3S/c1-10(15(22)17-8-13-4-3-7-24-13)20-9-12(5-6-14(20)21)16-18-11(2)19-23-16/h3-7,9-10H,8H2,1-2H3,(H,17,22)/t10-/m1/s1. The Morgan fingerprint density at radius 2 is 2.25 bits per heavy atom. The molecule has 3 aromatic heterocycles. The van der Waals surface area contributed by atoms with Crippen molar-refractivity contribution in [2.75, 3.05) is 0 Å². The van der Waals surface area contributed by atoms with Crippen LogP contribution < -0.4 is 10.9 Å². The number of carbonyl (C=O) groups excluding carboxylic acids is 1. The van der Waals surface area contributed by atoms with Crippen LogP contribution in [-0.4, -0.2) is 20.6 Å². The van der Waals surface area contributed by atoms with Crippen LogP contribution in [0.15, 0.2) is 45.2 Å². The Balaban J connectivity index is 1.79. The van der Waals surface area contributed by atoms with Gasteiger partial charge in [-0.2, -0.15) is 4.98 Å². The molecule has 8 heteroatoms. The number of carbonyl (C=O) groups is 1. The fourth-order valence-electron chi connectivity index (χ4n) is 2.21. The van der Waals surface area contributed by atoms with Gasteiger partial charge < -0.3 is 14.4 Å². The van der Waals surface area contributed by atoms with E-state index < -0.39 is 6.04 Å². The van der Waals surface area contributed by atoms with Gasteiger partial charge in [-0.05, 0) is 31.4 Å². The minimum absolute atomic E-state index is 0.232. The van der Waals surface area contributed by atoms with E-state index in [-0.39, 0.29) is 11.5 Å². The molecule has 0 aromatic carbocycles. The van der Waals surface area contributed by atoms with Crippen molar-refractivity contribution in [1.82, 2.24) is 20.0 Å².